The zero-order valence-electron chi connectivity index (χ0n) is 9.44. The van der Waals surface area contributed by atoms with Gasteiger partial charge in [0.05, 0.1) is 5.92 Å². The van der Waals surface area contributed by atoms with Crippen LogP contribution in [0.1, 0.15) is 30.0 Å². The summed E-state index contributed by atoms with van der Waals surface area (Å²) in [6.07, 6.45) is 0. The van der Waals surface area contributed by atoms with E-state index in [-0.39, 0.29) is 11.6 Å². The molecule has 0 saturated heterocycles. The fraction of sp³-hybridized carbons (Fsp3) is 0.500. The summed E-state index contributed by atoms with van der Waals surface area (Å²) in [6.45, 7) is 4.98. The Labute approximate surface area is 93.1 Å². The molecule has 1 heterocycles. The van der Waals surface area contributed by atoms with Crippen molar-refractivity contribution in [3.63, 3.8) is 0 Å². The highest BCUT2D eigenvalue weighted by atomic mass is 16.4. The molecule has 0 fully saturated rings. The van der Waals surface area contributed by atoms with Gasteiger partial charge >= 0.3 is 5.97 Å². The van der Waals surface area contributed by atoms with Gasteiger partial charge in [0, 0.05) is 11.7 Å². The molecule has 1 rings (SSSR count). The Morgan fingerprint density at radius 3 is 2.56 bits per heavy atom. The molecule has 2 unspecified atom stereocenters. The average Bonchev–Trinajstić information content (AvgIpc) is 2.63. The maximum absolute atomic E-state index is 11.6. The Balaban J connectivity index is 2.61. The number of nitrogens with one attached hydrogen (secondary N) is 2. The topological polar surface area (TPSA) is 95.1 Å². The third-order valence-electron chi connectivity index (χ3n) is 2.44. The molecule has 0 aliphatic heterocycles. The zero-order valence-corrected chi connectivity index (χ0v) is 9.44. The summed E-state index contributed by atoms with van der Waals surface area (Å²) in [5.41, 5.74) is 1.05. The number of aryl methyl sites for hydroxylation is 1. The number of aromatic nitrogens is 2. The Bertz CT molecular complexity index is 400. The lowest BCUT2D eigenvalue weighted by Crippen LogP contribution is -2.40. The van der Waals surface area contributed by atoms with Crippen LogP contribution in [0.25, 0.3) is 0 Å². The van der Waals surface area contributed by atoms with Crippen molar-refractivity contribution >= 4 is 11.9 Å². The van der Waals surface area contributed by atoms with Crippen molar-refractivity contribution in [3.8, 4) is 0 Å². The number of hydrogen-bond acceptors (Lipinski definition) is 3. The summed E-state index contributed by atoms with van der Waals surface area (Å²) in [7, 11) is 0. The summed E-state index contributed by atoms with van der Waals surface area (Å²) in [6, 6.07) is 1.16. The van der Waals surface area contributed by atoms with Crippen LogP contribution in [0.2, 0.25) is 0 Å². The van der Waals surface area contributed by atoms with E-state index in [1.165, 1.54) is 0 Å². The number of rotatable bonds is 4. The molecule has 1 aromatic heterocycles. The first-order valence-corrected chi connectivity index (χ1v) is 4.97. The van der Waals surface area contributed by atoms with Crippen LogP contribution in [0.5, 0.6) is 0 Å². The van der Waals surface area contributed by atoms with Crippen LogP contribution in [0.4, 0.5) is 0 Å². The number of carboxylic acids is 1. The second-order valence-electron chi connectivity index (χ2n) is 3.83. The second kappa shape index (κ2) is 4.78. The van der Waals surface area contributed by atoms with Crippen LogP contribution in [-0.4, -0.2) is 33.2 Å². The van der Waals surface area contributed by atoms with E-state index in [1.807, 2.05) is 0 Å². The Hall–Kier alpha value is -1.85. The first-order valence-electron chi connectivity index (χ1n) is 4.97. The van der Waals surface area contributed by atoms with Crippen LogP contribution in [0.15, 0.2) is 6.07 Å². The Morgan fingerprint density at radius 1 is 1.50 bits per heavy atom. The van der Waals surface area contributed by atoms with Crippen molar-refractivity contribution < 1.29 is 14.7 Å². The molecule has 0 spiro atoms. The second-order valence-corrected chi connectivity index (χ2v) is 3.83. The predicted molar refractivity (Wildman–Crippen MR) is 57.1 cm³/mol. The molecular formula is C10H15N3O3. The maximum atomic E-state index is 11.6. The van der Waals surface area contributed by atoms with Crippen LogP contribution < -0.4 is 5.32 Å². The fourth-order valence-electron chi connectivity index (χ4n) is 1.15. The summed E-state index contributed by atoms with van der Waals surface area (Å²) in [5.74, 6) is -1.94. The van der Waals surface area contributed by atoms with E-state index in [1.54, 1.807) is 26.8 Å². The molecule has 16 heavy (non-hydrogen) atoms. The zero-order chi connectivity index (χ0) is 12.3. The molecule has 3 N–H and O–H groups in total. The lowest BCUT2D eigenvalue weighted by molar-refractivity contribution is -0.141. The monoisotopic (exact) mass is 225 g/mol. The van der Waals surface area contributed by atoms with Gasteiger partial charge in [-0.15, -0.1) is 0 Å². The number of aliphatic carboxylic acids is 1. The van der Waals surface area contributed by atoms with Crippen molar-refractivity contribution in [2.75, 3.05) is 0 Å². The number of nitrogens with zero attached hydrogens (tertiary/aromatic N) is 1. The van der Waals surface area contributed by atoms with Gasteiger partial charge in [0.25, 0.3) is 5.91 Å². The summed E-state index contributed by atoms with van der Waals surface area (Å²) in [4.78, 5) is 22.3. The van der Waals surface area contributed by atoms with Crippen molar-refractivity contribution in [1.29, 1.82) is 0 Å². The third-order valence-corrected chi connectivity index (χ3v) is 2.44. The standard InChI is InChI=1S/C10H15N3O3/c1-5-4-8(13-12-5)9(14)11-7(3)6(2)10(15)16/h4,6-7H,1-3H3,(H,11,14)(H,12,13)(H,15,16). The van der Waals surface area contributed by atoms with Gasteiger partial charge in [0.1, 0.15) is 5.69 Å². The first kappa shape index (κ1) is 12.2. The molecule has 0 saturated carbocycles. The van der Waals surface area contributed by atoms with Gasteiger partial charge in [-0.2, -0.15) is 5.10 Å². The number of carbonyl (C=O) groups excluding carboxylic acids is 1. The van der Waals surface area contributed by atoms with E-state index in [0.717, 1.165) is 5.69 Å². The van der Waals surface area contributed by atoms with E-state index in [0.29, 0.717) is 0 Å². The van der Waals surface area contributed by atoms with Crippen molar-refractivity contribution in [3.05, 3.63) is 17.5 Å². The van der Waals surface area contributed by atoms with Gasteiger partial charge in [-0.05, 0) is 26.8 Å². The molecule has 1 amide bonds. The molecule has 6 nitrogen and oxygen atoms in total. The summed E-state index contributed by atoms with van der Waals surface area (Å²) in [5, 5.41) is 17.8. The van der Waals surface area contributed by atoms with Gasteiger partial charge in [0.15, 0.2) is 0 Å². The highest BCUT2D eigenvalue weighted by Crippen LogP contribution is 2.04. The minimum atomic E-state index is -0.939. The highest BCUT2D eigenvalue weighted by Gasteiger charge is 2.22. The smallest absolute Gasteiger partial charge is 0.308 e. The van der Waals surface area contributed by atoms with Gasteiger partial charge in [-0.3, -0.25) is 14.7 Å². The Kier molecular flexibility index (Phi) is 3.65. The first-order chi connectivity index (χ1) is 7.41. The number of hydrogen-bond donors (Lipinski definition) is 3. The van der Waals surface area contributed by atoms with Crippen LogP contribution >= 0.6 is 0 Å². The van der Waals surface area contributed by atoms with Crippen molar-refractivity contribution in [2.24, 2.45) is 5.92 Å². The normalized spacial score (nSPS) is 14.2. The van der Waals surface area contributed by atoms with Crippen molar-refractivity contribution in [1.82, 2.24) is 15.5 Å². The SMILES string of the molecule is Cc1cc(C(=O)NC(C)C(C)C(=O)O)n[nH]1. The quantitative estimate of drug-likeness (QED) is 0.697. The van der Waals surface area contributed by atoms with Crippen LogP contribution in [0, 0.1) is 12.8 Å². The number of carbonyl (C=O) groups is 2. The van der Waals surface area contributed by atoms with Gasteiger partial charge in [-0.25, -0.2) is 0 Å². The van der Waals surface area contributed by atoms with E-state index >= 15 is 0 Å². The van der Waals surface area contributed by atoms with Crippen LogP contribution in [-0.2, 0) is 4.79 Å². The largest absolute Gasteiger partial charge is 0.481 e. The molecule has 0 bridgehead atoms. The Morgan fingerprint density at radius 2 is 2.12 bits per heavy atom. The van der Waals surface area contributed by atoms with Crippen molar-refractivity contribution in [2.45, 2.75) is 26.8 Å². The predicted octanol–water partition coefficient (Wildman–Crippen LogP) is 0.557. The molecule has 1 aromatic rings. The molecular weight excluding hydrogens is 210 g/mol. The maximum Gasteiger partial charge on any atom is 0.308 e. The number of H-pyrrole nitrogens is 1. The van der Waals surface area contributed by atoms with Crippen LogP contribution in [0.3, 0.4) is 0 Å². The molecule has 0 aliphatic rings. The van der Waals surface area contributed by atoms with E-state index in [2.05, 4.69) is 15.5 Å². The number of amides is 1. The molecule has 0 aromatic carbocycles. The van der Waals surface area contributed by atoms with E-state index < -0.39 is 17.9 Å². The number of aromatic amines is 1. The fourth-order valence-corrected chi connectivity index (χ4v) is 1.15. The lowest BCUT2D eigenvalue weighted by Gasteiger charge is -2.16. The van der Waals surface area contributed by atoms with Gasteiger partial charge < -0.3 is 10.4 Å². The number of carboxylic acid groups (broad SMARTS) is 1. The van der Waals surface area contributed by atoms with E-state index in [9.17, 15) is 9.59 Å². The average molecular weight is 225 g/mol. The minimum Gasteiger partial charge on any atom is -0.481 e. The lowest BCUT2D eigenvalue weighted by atomic mass is 10.0. The highest BCUT2D eigenvalue weighted by molar-refractivity contribution is 5.92. The summed E-state index contributed by atoms with van der Waals surface area (Å²) < 4.78 is 0. The molecule has 0 aliphatic carbocycles. The van der Waals surface area contributed by atoms with Gasteiger partial charge in [0.2, 0.25) is 0 Å². The molecule has 2 atom stereocenters. The minimum absolute atomic E-state index is 0.266. The molecule has 88 valence electrons. The molecule has 6 heteroatoms. The van der Waals surface area contributed by atoms with Gasteiger partial charge in [-0.1, -0.05) is 0 Å². The molecule has 0 radical (unpaired) electrons. The van der Waals surface area contributed by atoms with E-state index in [4.69, 9.17) is 5.11 Å². The third kappa shape index (κ3) is 2.82. The summed E-state index contributed by atoms with van der Waals surface area (Å²) >= 11 is 0.